The molecule has 0 saturated heterocycles. The molecular formula is C16H18F2N2. The first-order valence-corrected chi connectivity index (χ1v) is 6.48. The zero-order valence-electron chi connectivity index (χ0n) is 11.6. The topological polar surface area (TPSA) is 38.0 Å². The summed E-state index contributed by atoms with van der Waals surface area (Å²) in [5, 5.41) is 0. The minimum Gasteiger partial charge on any atom is -0.271 e. The van der Waals surface area contributed by atoms with Crippen LogP contribution in [0.25, 0.3) is 0 Å². The lowest BCUT2D eigenvalue weighted by molar-refractivity contribution is 0.520. The van der Waals surface area contributed by atoms with Crippen molar-refractivity contribution in [3.05, 3.63) is 70.3 Å². The molecular weight excluding hydrogens is 258 g/mol. The summed E-state index contributed by atoms with van der Waals surface area (Å²) in [6.45, 7) is 4.01. The smallest absolute Gasteiger partial charge is 0.129 e. The fourth-order valence-corrected chi connectivity index (χ4v) is 2.38. The van der Waals surface area contributed by atoms with Gasteiger partial charge < -0.3 is 0 Å². The Kier molecular flexibility index (Phi) is 4.47. The third-order valence-electron chi connectivity index (χ3n) is 3.44. The highest BCUT2D eigenvalue weighted by molar-refractivity contribution is 5.34. The van der Waals surface area contributed by atoms with Crippen LogP contribution in [0.1, 0.15) is 28.3 Å². The van der Waals surface area contributed by atoms with Crippen molar-refractivity contribution in [3.8, 4) is 0 Å². The Balaban J connectivity index is 2.28. The molecule has 0 aromatic heterocycles. The zero-order chi connectivity index (χ0) is 14.7. The first kappa shape index (κ1) is 14.6. The molecule has 3 N–H and O–H groups in total. The molecule has 0 bridgehead atoms. The first-order chi connectivity index (χ1) is 9.51. The van der Waals surface area contributed by atoms with E-state index in [0.29, 0.717) is 12.0 Å². The van der Waals surface area contributed by atoms with E-state index in [4.69, 9.17) is 5.84 Å². The third-order valence-corrected chi connectivity index (χ3v) is 3.44. The van der Waals surface area contributed by atoms with Gasteiger partial charge in [-0.1, -0.05) is 29.8 Å². The van der Waals surface area contributed by atoms with Gasteiger partial charge in [0.2, 0.25) is 0 Å². The summed E-state index contributed by atoms with van der Waals surface area (Å²) in [7, 11) is 0. The SMILES string of the molecule is Cc1ccc(C(Cc2ccc(F)cc2F)NN)c(C)c1. The standard InChI is InChI=1S/C16H18F2N2/c1-10-3-6-14(11(2)7-10)16(20-19)8-12-4-5-13(17)9-15(12)18/h3-7,9,16,20H,8,19H2,1-2H3. The van der Waals surface area contributed by atoms with Gasteiger partial charge in [0.1, 0.15) is 11.6 Å². The van der Waals surface area contributed by atoms with E-state index in [2.05, 4.69) is 11.5 Å². The molecule has 0 amide bonds. The molecule has 2 rings (SSSR count). The van der Waals surface area contributed by atoms with Crippen LogP contribution in [0, 0.1) is 25.5 Å². The van der Waals surface area contributed by atoms with Crippen LogP contribution in [0.15, 0.2) is 36.4 Å². The number of aryl methyl sites for hydroxylation is 2. The number of rotatable bonds is 4. The van der Waals surface area contributed by atoms with Gasteiger partial charge in [-0.3, -0.25) is 11.3 Å². The van der Waals surface area contributed by atoms with Gasteiger partial charge in [-0.05, 0) is 43.0 Å². The summed E-state index contributed by atoms with van der Waals surface area (Å²) < 4.78 is 26.6. The van der Waals surface area contributed by atoms with Crippen LogP contribution in [-0.2, 0) is 6.42 Å². The Morgan fingerprint density at radius 2 is 1.85 bits per heavy atom. The van der Waals surface area contributed by atoms with E-state index >= 15 is 0 Å². The lowest BCUT2D eigenvalue weighted by Gasteiger charge is -2.19. The van der Waals surface area contributed by atoms with Crippen molar-refractivity contribution in [3.63, 3.8) is 0 Å². The van der Waals surface area contributed by atoms with E-state index in [1.54, 1.807) is 0 Å². The Morgan fingerprint density at radius 3 is 2.45 bits per heavy atom. The Hall–Kier alpha value is -1.78. The largest absolute Gasteiger partial charge is 0.271 e. The van der Waals surface area contributed by atoms with Gasteiger partial charge in [0.15, 0.2) is 0 Å². The highest BCUT2D eigenvalue weighted by atomic mass is 19.1. The average Bonchev–Trinajstić information content (AvgIpc) is 2.39. The van der Waals surface area contributed by atoms with E-state index in [1.807, 2.05) is 26.0 Å². The highest BCUT2D eigenvalue weighted by Crippen LogP contribution is 2.23. The molecule has 106 valence electrons. The molecule has 0 heterocycles. The van der Waals surface area contributed by atoms with Crippen molar-refractivity contribution in [2.75, 3.05) is 0 Å². The average molecular weight is 276 g/mol. The van der Waals surface area contributed by atoms with E-state index < -0.39 is 11.6 Å². The molecule has 0 aliphatic rings. The van der Waals surface area contributed by atoms with Crippen LogP contribution < -0.4 is 11.3 Å². The zero-order valence-corrected chi connectivity index (χ0v) is 11.6. The van der Waals surface area contributed by atoms with Crippen LogP contribution in [-0.4, -0.2) is 0 Å². The summed E-state index contributed by atoms with van der Waals surface area (Å²) in [4.78, 5) is 0. The van der Waals surface area contributed by atoms with E-state index in [0.717, 1.165) is 22.8 Å². The second kappa shape index (κ2) is 6.11. The number of hydrogen-bond donors (Lipinski definition) is 2. The fourth-order valence-electron chi connectivity index (χ4n) is 2.38. The Labute approximate surface area is 117 Å². The van der Waals surface area contributed by atoms with Crippen LogP contribution in [0.5, 0.6) is 0 Å². The number of nitrogens with one attached hydrogen (secondary N) is 1. The molecule has 0 aliphatic heterocycles. The van der Waals surface area contributed by atoms with Crippen LogP contribution >= 0.6 is 0 Å². The molecule has 1 unspecified atom stereocenters. The quantitative estimate of drug-likeness (QED) is 0.664. The maximum Gasteiger partial charge on any atom is 0.129 e. The Bertz CT molecular complexity index is 611. The maximum absolute atomic E-state index is 13.7. The monoisotopic (exact) mass is 276 g/mol. The van der Waals surface area contributed by atoms with Crippen molar-refractivity contribution in [1.82, 2.24) is 5.43 Å². The third kappa shape index (κ3) is 3.21. The minimum absolute atomic E-state index is 0.212. The van der Waals surface area contributed by atoms with Crippen molar-refractivity contribution >= 4 is 0 Å². The van der Waals surface area contributed by atoms with Gasteiger partial charge in [-0.25, -0.2) is 8.78 Å². The second-order valence-electron chi connectivity index (χ2n) is 5.02. The summed E-state index contributed by atoms with van der Waals surface area (Å²) >= 11 is 0. The van der Waals surface area contributed by atoms with E-state index in [9.17, 15) is 8.78 Å². The highest BCUT2D eigenvalue weighted by Gasteiger charge is 2.15. The van der Waals surface area contributed by atoms with Crippen molar-refractivity contribution in [1.29, 1.82) is 0 Å². The van der Waals surface area contributed by atoms with Gasteiger partial charge in [-0.2, -0.15) is 0 Å². The molecule has 0 radical (unpaired) electrons. The molecule has 4 heteroatoms. The molecule has 20 heavy (non-hydrogen) atoms. The maximum atomic E-state index is 13.7. The minimum atomic E-state index is -0.574. The first-order valence-electron chi connectivity index (χ1n) is 6.48. The van der Waals surface area contributed by atoms with Crippen LogP contribution in [0.3, 0.4) is 0 Å². The molecule has 0 fully saturated rings. The molecule has 1 atom stereocenters. The second-order valence-corrected chi connectivity index (χ2v) is 5.02. The fraction of sp³-hybridized carbons (Fsp3) is 0.250. The molecule has 2 aromatic rings. The predicted octanol–water partition coefficient (Wildman–Crippen LogP) is 3.33. The molecule has 2 aromatic carbocycles. The van der Waals surface area contributed by atoms with Crippen molar-refractivity contribution in [2.24, 2.45) is 5.84 Å². The molecule has 0 saturated carbocycles. The molecule has 0 spiro atoms. The predicted molar refractivity (Wildman–Crippen MR) is 76.0 cm³/mol. The van der Waals surface area contributed by atoms with Gasteiger partial charge in [0.05, 0.1) is 6.04 Å². The normalized spacial score (nSPS) is 12.4. The summed E-state index contributed by atoms with van der Waals surface area (Å²) in [6.07, 6.45) is 0.368. The molecule has 2 nitrogen and oxygen atoms in total. The van der Waals surface area contributed by atoms with Crippen molar-refractivity contribution < 1.29 is 8.78 Å². The van der Waals surface area contributed by atoms with E-state index in [1.165, 1.54) is 12.1 Å². The summed E-state index contributed by atoms with van der Waals surface area (Å²) in [5.41, 5.74) is 6.42. The van der Waals surface area contributed by atoms with Gasteiger partial charge in [0.25, 0.3) is 0 Å². The number of benzene rings is 2. The number of hydrogen-bond acceptors (Lipinski definition) is 2. The van der Waals surface area contributed by atoms with Gasteiger partial charge in [-0.15, -0.1) is 0 Å². The number of halogens is 2. The Morgan fingerprint density at radius 1 is 1.10 bits per heavy atom. The number of hydrazine groups is 1. The van der Waals surface area contributed by atoms with E-state index in [-0.39, 0.29) is 6.04 Å². The summed E-state index contributed by atoms with van der Waals surface area (Å²) in [5.74, 6) is 4.47. The lowest BCUT2D eigenvalue weighted by atomic mass is 9.94. The summed E-state index contributed by atoms with van der Waals surface area (Å²) in [6, 6.07) is 9.43. The van der Waals surface area contributed by atoms with Crippen molar-refractivity contribution in [2.45, 2.75) is 26.3 Å². The molecule has 0 aliphatic carbocycles. The van der Waals surface area contributed by atoms with Crippen LogP contribution in [0.2, 0.25) is 0 Å². The number of nitrogens with two attached hydrogens (primary N) is 1. The lowest BCUT2D eigenvalue weighted by Crippen LogP contribution is -2.30. The van der Waals surface area contributed by atoms with Crippen LogP contribution in [0.4, 0.5) is 8.78 Å². The van der Waals surface area contributed by atoms with Gasteiger partial charge >= 0.3 is 0 Å². The van der Waals surface area contributed by atoms with Gasteiger partial charge in [0, 0.05) is 6.07 Å².